The van der Waals surface area contributed by atoms with Gasteiger partial charge in [-0.2, -0.15) is 5.26 Å². The third-order valence-corrected chi connectivity index (χ3v) is 5.94. The van der Waals surface area contributed by atoms with Gasteiger partial charge in [-0.05, 0) is 60.7 Å². The molecule has 0 atom stereocenters. The summed E-state index contributed by atoms with van der Waals surface area (Å²) >= 11 is 0. The third-order valence-electron chi connectivity index (χ3n) is 4.55. The third kappa shape index (κ3) is 5.28. The van der Waals surface area contributed by atoms with E-state index in [-0.39, 0.29) is 17.4 Å². The van der Waals surface area contributed by atoms with Crippen LogP contribution in [0, 0.1) is 11.3 Å². The highest BCUT2D eigenvalue weighted by Gasteiger charge is 2.15. The first-order valence-corrected chi connectivity index (χ1v) is 11.2. The highest BCUT2D eigenvalue weighted by atomic mass is 32.2. The van der Waals surface area contributed by atoms with Gasteiger partial charge in [0.15, 0.2) is 6.61 Å². The first-order chi connectivity index (χ1) is 16.0. The summed E-state index contributed by atoms with van der Waals surface area (Å²) in [6.45, 7) is 0.00891. The number of hydrogen-bond acceptors (Lipinski definition) is 8. The number of nitriles is 1. The van der Waals surface area contributed by atoms with Crippen LogP contribution in [0.5, 0.6) is 11.5 Å². The summed E-state index contributed by atoms with van der Waals surface area (Å²) in [5.74, 6) is 1.75. The van der Waals surface area contributed by atoms with Crippen LogP contribution in [0.15, 0.2) is 82.1 Å². The summed E-state index contributed by atoms with van der Waals surface area (Å²) in [4.78, 5) is 0.0461. The van der Waals surface area contributed by atoms with Crippen LogP contribution in [0.4, 0.5) is 5.69 Å². The van der Waals surface area contributed by atoms with E-state index < -0.39 is 10.0 Å². The molecule has 0 fully saturated rings. The molecule has 0 unspecified atom stereocenters. The number of rotatable bonds is 8. The van der Waals surface area contributed by atoms with Crippen LogP contribution in [0.1, 0.15) is 11.5 Å². The van der Waals surface area contributed by atoms with Crippen LogP contribution >= 0.6 is 0 Å². The van der Waals surface area contributed by atoms with Crippen molar-refractivity contribution in [3.8, 4) is 29.0 Å². The summed E-state index contributed by atoms with van der Waals surface area (Å²) in [5, 5.41) is 16.9. The Balaban J connectivity index is 1.41. The highest BCUT2D eigenvalue weighted by Crippen LogP contribution is 2.24. The maximum Gasteiger partial charge on any atom is 0.261 e. The standard InChI is InChI=1S/C23H18N4O5S/c1-30-19-9-7-17(8-10-19)23-26-25-22(32-23)15-31-20-4-2-3-18(13-20)27-33(28,29)21-11-5-16(14-24)6-12-21/h2-13,27H,15H2,1H3. The van der Waals surface area contributed by atoms with Crippen LogP contribution in [0.3, 0.4) is 0 Å². The van der Waals surface area contributed by atoms with E-state index in [2.05, 4.69) is 14.9 Å². The SMILES string of the molecule is COc1ccc(-c2nnc(COc3cccc(NS(=O)(=O)c4ccc(C#N)cc4)c3)o2)cc1. The first kappa shape index (κ1) is 21.9. The minimum absolute atomic E-state index is 0.00891. The zero-order valence-electron chi connectivity index (χ0n) is 17.4. The molecule has 0 bridgehead atoms. The fourth-order valence-electron chi connectivity index (χ4n) is 2.88. The Morgan fingerprint density at radius 1 is 1.00 bits per heavy atom. The van der Waals surface area contributed by atoms with E-state index in [1.54, 1.807) is 55.6 Å². The van der Waals surface area contributed by atoms with Crippen molar-refractivity contribution >= 4 is 15.7 Å². The number of methoxy groups -OCH3 is 1. The van der Waals surface area contributed by atoms with E-state index in [9.17, 15) is 8.42 Å². The van der Waals surface area contributed by atoms with Crippen molar-refractivity contribution in [1.82, 2.24) is 10.2 Å². The van der Waals surface area contributed by atoms with E-state index in [0.717, 1.165) is 11.3 Å². The molecule has 0 saturated carbocycles. The normalized spacial score (nSPS) is 10.9. The molecule has 1 aromatic heterocycles. The van der Waals surface area contributed by atoms with E-state index >= 15 is 0 Å². The molecule has 0 amide bonds. The maximum absolute atomic E-state index is 12.6. The lowest BCUT2D eigenvalue weighted by atomic mass is 10.2. The monoisotopic (exact) mass is 462 g/mol. The summed E-state index contributed by atoms with van der Waals surface area (Å²) in [5.41, 5.74) is 1.44. The van der Waals surface area contributed by atoms with Gasteiger partial charge in [0.25, 0.3) is 15.9 Å². The van der Waals surface area contributed by atoms with E-state index in [1.165, 1.54) is 24.3 Å². The van der Waals surface area contributed by atoms with Crippen LogP contribution in [0.25, 0.3) is 11.5 Å². The zero-order chi connectivity index (χ0) is 23.3. The van der Waals surface area contributed by atoms with Gasteiger partial charge in [0.05, 0.1) is 29.3 Å². The van der Waals surface area contributed by atoms with E-state index in [4.69, 9.17) is 19.2 Å². The van der Waals surface area contributed by atoms with Gasteiger partial charge >= 0.3 is 0 Å². The molecule has 0 radical (unpaired) electrons. The summed E-state index contributed by atoms with van der Waals surface area (Å²) in [6, 6.07) is 21.3. The van der Waals surface area contributed by atoms with Gasteiger partial charge in [-0.25, -0.2) is 8.42 Å². The predicted octanol–water partition coefficient (Wildman–Crippen LogP) is 4.00. The van der Waals surface area contributed by atoms with E-state index in [0.29, 0.717) is 22.9 Å². The fraction of sp³-hybridized carbons (Fsp3) is 0.0870. The summed E-state index contributed by atoms with van der Waals surface area (Å²) in [7, 11) is -2.23. The van der Waals surface area contributed by atoms with Crippen LogP contribution in [-0.4, -0.2) is 25.7 Å². The molecule has 166 valence electrons. The average Bonchev–Trinajstić information content (AvgIpc) is 3.32. The van der Waals surface area contributed by atoms with Crippen molar-refractivity contribution in [3.05, 3.63) is 84.3 Å². The van der Waals surface area contributed by atoms with Gasteiger partial charge in [-0.1, -0.05) is 6.07 Å². The Kier molecular flexibility index (Phi) is 6.24. The van der Waals surface area contributed by atoms with Crippen LogP contribution in [0.2, 0.25) is 0 Å². The van der Waals surface area contributed by atoms with Crippen molar-refractivity contribution in [2.75, 3.05) is 11.8 Å². The molecule has 0 aliphatic rings. The second kappa shape index (κ2) is 9.42. The Morgan fingerprint density at radius 2 is 1.76 bits per heavy atom. The summed E-state index contributed by atoms with van der Waals surface area (Å²) in [6.07, 6.45) is 0. The molecule has 0 saturated heterocycles. The van der Waals surface area contributed by atoms with Gasteiger partial charge in [0.2, 0.25) is 5.89 Å². The molecule has 3 aromatic carbocycles. The average molecular weight is 462 g/mol. The molecule has 1 heterocycles. The lowest BCUT2D eigenvalue weighted by Crippen LogP contribution is -2.13. The van der Waals surface area contributed by atoms with Gasteiger partial charge in [0.1, 0.15) is 11.5 Å². The summed E-state index contributed by atoms with van der Waals surface area (Å²) < 4.78 is 44.1. The lowest BCUT2D eigenvalue weighted by Gasteiger charge is -2.10. The minimum Gasteiger partial charge on any atom is -0.497 e. The van der Waals surface area contributed by atoms with Gasteiger partial charge < -0.3 is 13.9 Å². The predicted molar refractivity (Wildman–Crippen MR) is 119 cm³/mol. The number of hydrogen-bond donors (Lipinski definition) is 1. The largest absolute Gasteiger partial charge is 0.497 e. The number of aromatic nitrogens is 2. The van der Waals surface area contributed by atoms with Crippen molar-refractivity contribution in [3.63, 3.8) is 0 Å². The van der Waals surface area contributed by atoms with E-state index in [1.807, 2.05) is 6.07 Å². The molecule has 4 rings (SSSR count). The number of sulfonamides is 1. The molecule has 4 aromatic rings. The minimum atomic E-state index is -3.82. The lowest BCUT2D eigenvalue weighted by molar-refractivity contribution is 0.264. The molecular weight excluding hydrogens is 444 g/mol. The number of nitrogens with one attached hydrogen (secondary N) is 1. The van der Waals surface area contributed by atoms with Gasteiger partial charge in [0, 0.05) is 11.6 Å². The molecule has 10 heteroatoms. The molecule has 0 aliphatic carbocycles. The quantitative estimate of drug-likeness (QED) is 0.416. The molecule has 9 nitrogen and oxygen atoms in total. The van der Waals surface area contributed by atoms with Crippen molar-refractivity contribution in [1.29, 1.82) is 5.26 Å². The zero-order valence-corrected chi connectivity index (χ0v) is 18.2. The molecule has 0 aliphatic heterocycles. The highest BCUT2D eigenvalue weighted by molar-refractivity contribution is 7.92. The first-order valence-electron chi connectivity index (χ1n) is 9.69. The second-order valence-corrected chi connectivity index (χ2v) is 8.47. The number of anilines is 1. The Hall–Kier alpha value is -4.36. The fourth-order valence-corrected chi connectivity index (χ4v) is 3.93. The maximum atomic E-state index is 12.6. The topological polar surface area (TPSA) is 127 Å². The number of ether oxygens (including phenoxy) is 2. The molecule has 1 N–H and O–H groups in total. The van der Waals surface area contributed by atoms with Crippen molar-refractivity contribution in [2.24, 2.45) is 0 Å². The van der Waals surface area contributed by atoms with Gasteiger partial charge in [-0.15, -0.1) is 10.2 Å². The molecular formula is C23H18N4O5S. The van der Waals surface area contributed by atoms with Crippen molar-refractivity contribution < 1.29 is 22.3 Å². The van der Waals surface area contributed by atoms with Gasteiger partial charge in [-0.3, -0.25) is 4.72 Å². The van der Waals surface area contributed by atoms with Crippen LogP contribution in [-0.2, 0) is 16.6 Å². The smallest absolute Gasteiger partial charge is 0.261 e. The molecule has 33 heavy (non-hydrogen) atoms. The second-order valence-electron chi connectivity index (χ2n) is 6.79. The van der Waals surface area contributed by atoms with Crippen molar-refractivity contribution in [2.45, 2.75) is 11.5 Å². The van der Waals surface area contributed by atoms with Crippen LogP contribution < -0.4 is 14.2 Å². The Labute approximate surface area is 190 Å². The number of nitrogens with zero attached hydrogens (tertiary/aromatic N) is 3. The Morgan fingerprint density at radius 3 is 2.45 bits per heavy atom. The molecule has 0 spiro atoms. The Bertz CT molecular complexity index is 1390. The number of benzene rings is 3.